The molecule has 0 radical (unpaired) electrons. The van der Waals surface area contributed by atoms with Crippen LogP contribution in [0.25, 0.3) is 28.1 Å². The summed E-state index contributed by atoms with van der Waals surface area (Å²) in [5.41, 5.74) is 9.94. The van der Waals surface area contributed by atoms with E-state index >= 15 is 0 Å². The average Bonchev–Trinajstić information content (AvgIpc) is 3.54. The number of hydrogen-bond donors (Lipinski definition) is 2. The highest BCUT2D eigenvalue weighted by Crippen LogP contribution is 2.33. The zero-order chi connectivity index (χ0) is 26.1. The topological polar surface area (TPSA) is 67.9 Å². The zero-order valence-electron chi connectivity index (χ0n) is 21.5. The minimum absolute atomic E-state index is 0.0740. The van der Waals surface area contributed by atoms with Gasteiger partial charge in [0, 0.05) is 29.6 Å². The lowest BCUT2D eigenvalue weighted by Gasteiger charge is -2.13. The summed E-state index contributed by atoms with van der Waals surface area (Å²) in [5, 5.41) is 13.7. The highest BCUT2D eigenvalue weighted by molar-refractivity contribution is 5.93. The SMILES string of the molecule is Cc1cn(-c2ccc(Nc3cccc4c3nc(-c3ccccc3C)n4Cc3ccccc3)cc2CO)cn1. The molecule has 6 heteroatoms. The maximum absolute atomic E-state index is 10.1. The first kappa shape index (κ1) is 23.7. The van der Waals surface area contributed by atoms with Crippen LogP contribution in [0, 0.1) is 13.8 Å². The maximum atomic E-state index is 10.1. The molecule has 0 aliphatic carbocycles. The van der Waals surface area contributed by atoms with E-state index in [-0.39, 0.29) is 6.61 Å². The summed E-state index contributed by atoms with van der Waals surface area (Å²) in [6.07, 6.45) is 3.72. The Hall–Kier alpha value is -4.68. The van der Waals surface area contributed by atoms with Gasteiger partial charge in [-0.2, -0.15) is 0 Å². The second kappa shape index (κ2) is 10.00. The van der Waals surface area contributed by atoms with Gasteiger partial charge in [0.25, 0.3) is 0 Å². The van der Waals surface area contributed by atoms with Crippen molar-refractivity contribution in [1.29, 1.82) is 0 Å². The molecule has 0 bridgehead atoms. The lowest BCUT2D eigenvalue weighted by Crippen LogP contribution is -2.03. The van der Waals surface area contributed by atoms with Crippen LogP contribution in [0.5, 0.6) is 0 Å². The fraction of sp³-hybridized carbons (Fsp3) is 0.125. The van der Waals surface area contributed by atoms with Crippen molar-refractivity contribution in [2.24, 2.45) is 0 Å². The lowest BCUT2D eigenvalue weighted by molar-refractivity contribution is 0.281. The van der Waals surface area contributed by atoms with Crippen LogP contribution in [-0.2, 0) is 13.2 Å². The Balaban J connectivity index is 1.44. The Bertz CT molecular complexity index is 1730. The van der Waals surface area contributed by atoms with Gasteiger partial charge >= 0.3 is 0 Å². The van der Waals surface area contributed by atoms with Gasteiger partial charge in [-0.05, 0) is 55.3 Å². The number of fused-ring (bicyclic) bond motifs is 1. The number of aryl methyl sites for hydroxylation is 2. The van der Waals surface area contributed by atoms with Gasteiger partial charge in [-0.1, -0.05) is 60.7 Å². The van der Waals surface area contributed by atoms with E-state index in [1.165, 1.54) is 11.1 Å². The molecule has 0 aliphatic rings. The molecular weight excluding hydrogens is 470 g/mol. The summed E-state index contributed by atoms with van der Waals surface area (Å²) in [7, 11) is 0. The molecule has 4 aromatic carbocycles. The van der Waals surface area contributed by atoms with E-state index in [1.54, 1.807) is 6.33 Å². The van der Waals surface area contributed by atoms with Crippen molar-refractivity contribution in [3.05, 3.63) is 126 Å². The number of benzene rings is 4. The second-order valence-electron chi connectivity index (χ2n) is 9.54. The monoisotopic (exact) mass is 499 g/mol. The molecule has 2 N–H and O–H groups in total. The number of aliphatic hydroxyl groups is 1. The van der Waals surface area contributed by atoms with E-state index in [0.29, 0.717) is 0 Å². The molecule has 0 atom stereocenters. The Labute approximate surface area is 221 Å². The molecule has 188 valence electrons. The summed E-state index contributed by atoms with van der Waals surface area (Å²) in [4.78, 5) is 9.50. The maximum Gasteiger partial charge on any atom is 0.141 e. The minimum Gasteiger partial charge on any atom is -0.392 e. The Morgan fingerprint density at radius 3 is 2.45 bits per heavy atom. The summed E-state index contributed by atoms with van der Waals surface area (Å²) < 4.78 is 4.23. The number of para-hydroxylation sites is 1. The van der Waals surface area contributed by atoms with Crippen LogP contribution in [0.2, 0.25) is 0 Å². The number of anilines is 2. The molecule has 6 rings (SSSR count). The number of hydrogen-bond acceptors (Lipinski definition) is 4. The summed E-state index contributed by atoms with van der Waals surface area (Å²) >= 11 is 0. The van der Waals surface area contributed by atoms with Crippen LogP contribution in [0.4, 0.5) is 11.4 Å². The molecule has 2 heterocycles. The van der Waals surface area contributed by atoms with Gasteiger partial charge in [-0.15, -0.1) is 0 Å². The number of rotatable bonds is 7. The molecule has 0 spiro atoms. The highest BCUT2D eigenvalue weighted by atomic mass is 16.3. The van der Waals surface area contributed by atoms with Gasteiger partial charge < -0.3 is 19.6 Å². The first-order valence-electron chi connectivity index (χ1n) is 12.7. The molecule has 2 aromatic heterocycles. The zero-order valence-corrected chi connectivity index (χ0v) is 21.5. The highest BCUT2D eigenvalue weighted by Gasteiger charge is 2.17. The number of aromatic nitrogens is 4. The summed E-state index contributed by atoms with van der Waals surface area (Å²) in [6, 6.07) is 31.1. The number of imidazole rings is 2. The number of nitrogens with one attached hydrogen (secondary N) is 1. The fourth-order valence-corrected chi connectivity index (χ4v) is 4.95. The summed E-state index contributed by atoms with van der Waals surface area (Å²) in [6.45, 7) is 4.72. The first-order valence-corrected chi connectivity index (χ1v) is 12.7. The minimum atomic E-state index is -0.0740. The van der Waals surface area contributed by atoms with E-state index in [4.69, 9.17) is 4.98 Å². The second-order valence-corrected chi connectivity index (χ2v) is 9.54. The van der Waals surface area contributed by atoms with E-state index in [2.05, 4.69) is 88.5 Å². The van der Waals surface area contributed by atoms with Crippen LogP contribution in [0.3, 0.4) is 0 Å². The van der Waals surface area contributed by atoms with Gasteiger partial charge in [-0.3, -0.25) is 0 Å². The van der Waals surface area contributed by atoms with Gasteiger partial charge in [-0.25, -0.2) is 9.97 Å². The Morgan fingerprint density at radius 2 is 1.68 bits per heavy atom. The third-order valence-corrected chi connectivity index (χ3v) is 6.87. The third kappa shape index (κ3) is 4.46. The van der Waals surface area contributed by atoms with Crippen molar-refractivity contribution < 1.29 is 5.11 Å². The van der Waals surface area contributed by atoms with Crippen molar-refractivity contribution >= 4 is 22.4 Å². The number of aliphatic hydroxyl groups excluding tert-OH is 1. The lowest BCUT2D eigenvalue weighted by atomic mass is 10.1. The van der Waals surface area contributed by atoms with Gasteiger partial charge in [0.05, 0.1) is 35.5 Å². The average molecular weight is 500 g/mol. The van der Waals surface area contributed by atoms with E-state index in [9.17, 15) is 5.11 Å². The van der Waals surface area contributed by atoms with E-state index in [1.807, 2.05) is 42.0 Å². The van der Waals surface area contributed by atoms with Crippen molar-refractivity contribution in [1.82, 2.24) is 19.1 Å². The third-order valence-electron chi connectivity index (χ3n) is 6.87. The standard InChI is InChI=1S/C32H29N5O/c1-22-9-6-7-12-27(22)32-35-31-28(13-8-14-30(31)37(32)19-24-10-4-3-5-11-24)34-26-15-16-29(25(17-26)20-38)36-18-23(2)33-21-36/h3-18,21,34,38H,19-20H2,1-2H3. The fourth-order valence-electron chi connectivity index (χ4n) is 4.95. The summed E-state index contributed by atoms with van der Waals surface area (Å²) in [5.74, 6) is 0.943. The predicted molar refractivity (Wildman–Crippen MR) is 153 cm³/mol. The number of nitrogens with zero attached hydrogens (tertiary/aromatic N) is 4. The van der Waals surface area contributed by atoms with E-state index < -0.39 is 0 Å². The van der Waals surface area contributed by atoms with Crippen LogP contribution in [-0.4, -0.2) is 24.2 Å². The molecule has 6 aromatic rings. The van der Waals surface area contributed by atoms with Crippen LogP contribution < -0.4 is 5.32 Å². The van der Waals surface area contributed by atoms with Crippen LogP contribution in [0.15, 0.2) is 104 Å². The molecular formula is C32H29N5O. The molecule has 0 saturated heterocycles. The molecule has 6 nitrogen and oxygen atoms in total. The Kier molecular flexibility index (Phi) is 6.23. The smallest absolute Gasteiger partial charge is 0.141 e. The van der Waals surface area contributed by atoms with E-state index in [0.717, 1.165) is 57.3 Å². The Morgan fingerprint density at radius 1 is 0.868 bits per heavy atom. The van der Waals surface area contributed by atoms with Crippen molar-refractivity contribution in [3.8, 4) is 17.1 Å². The molecule has 0 aliphatic heterocycles. The molecule has 0 amide bonds. The van der Waals surface area contributed by atoms with Gasteiger partial charge in [0.2, 0.25) is 0 Å². The molecule has 0 saturated carbocycles. The van der Waals surface area contributed by atoms with Crippen LogP contribution in [0.1, 0.15) is 22.4 Å². The van der Waals surface area contributed by atoms with Crippen LogP contribution >= 0.6 is 0 Å². The molecule has 0 fully saturated rings. The normalized spacial score (nSPS) is 11.2. The largest absolute Gasteiger partial charge is 0.392 e. The van der Waals surface area contributed by atoms with Crippen molar-refractivity contribution in [2.75, 3.05) is 5.32 Å². The molecule has 38 heavy (non-hydrogen) atoms. The van der Waals surface area contributed by atoms with Crippen molar-refractivity contribution in [3.63, 3.8) is 0 Å². The van der Waals surface area contributed by atoms with Gasteiger partial charge in [0.1, 0.15) is 11.3 Å². The first-order chi connectivity index (χ1) is 18.6. The molecule has 0 unspecified atom stereocenters. The quantitative estimate of drug-likeness (QED) is 0.254. The van der Waals surface area contributed by atoms with Crippen molar-refractivity contribution in [2.45, 2.75) is 27.0 Å². The van der Waals surface area contributed by atoms with Gasteiger partial charge in [0.15, 0.2) is 0 Å². The predicted octanol–water partition coefficient (Wildman–Crippen LogP) is 6.79.